The quantitative estimate of drug-likeness (QED) is 0.846. The first-order valence-electron chi connectivity index (χ1n) is 8.86. The Morgan fingerprint density at radius 3 is 1.96 bits per heavy atom. The molecule has 1 N–H and O–H groups in total. The van der Waals surface area contributed by atoms with Crippen LogP contribution in [0.2, 0.25) is 0 Å². The van der Waals surface area contributed by atoms with Gasteiger partial charge in [0.25, 0.3) is 0 Å². The third-order valence-electron chi connectivity index (χ3n) is 3.14. The van der Waals surface area contributed by atoms with Crippen LogP contribution in [0.5, 0.6) is 0 Å². The number of fused-ring (bicyclic) bond motifs is 1. The maximum atomic E-state index is 4.15. The number of H-pyrrole nitrogens is 1. The molecule has 0 atom stereocenters. The van der Waals surface area contributed by atoms with Crippen molar-refractivity contribution in [3.8, 4) is 0 Å². The van der Waals surface area contributed by atoms with Crippen molar-refractivity contribution in [3.63, 3.8) is 0 Å². The Balaban J connectivity index is -0.000000311. The van der Waals surface area contributed by atoms with Gasteiger partial charge in [-0.05, 0) is 6.42 Å². The van der Waals surface area contributed by atoms with Gasteiger partial charge >= 0.3 is 0 Å². The van der Waals surface area contributed by atoms with Gasteiger partial charge in [0.05, 0.1) is 0 Å². The average molecular weight is 344 g/mol. The summed E-state index contributed by atoms with van der Waals surface area (Å²) in [4.78, 5) is 3.95. The molecule has 0 fully saturated rings. The number of aromatic nitrogens is 6. The summed E-state index contributed by atoms with van der Waals surface area (Å²) < 4.78 is 2.25. The average Bonchev–Trinajstić information content (AvgIpc) is 3.29. The van der Waals surface area contributed by atoms with Gasteiger partial charge in [-0.15, -0.1) is 10.2 Å². The van der Waals surface area contributed by atoms with E-state index >= 15 is 0 Å². The fraction of sp³-hybridized carbons (Fsp3) is 0.765. The van der Waals surface area contributed by atoms with E-state index in [1.165, 1.54) is 18.6 Å². The van der Waals surface area contributed by atoms with E-state index in [0.717, 1.165) is 24.6 Å². The van der Waals surface area contributed by atoms with Crippen molar-refractivity contribution in [1.82, 2.24) is 29.9 Å². The first kappa shape index (κ1) is 28.2. The van der Waals surface area contributed by atoms with Crippen molar-refractivity contribution >= 4 is 16.8 Å². The summed E-state index contributed by atoms with van der Waals surface area (Å²) in [6, 6.07) is 0. The maximum absolute atomic E-state index is 4.15. The molecule has 0 unspecified atom stereocenters. The van der Waals surface area contributed by atoms with Gasteiger partial charge in [0, 0.05) is 41.6 Å². The highest BCUT2D eigenvalue weighted by Crippen LogP contribution is 2.19. The molecule has 6 radical (unpaired) electrons. The van der Waals surface area contributed by atoms with Gasteiger partial charge in [-0.2, -0.15) is 5.10 Å². The van der Waals surface area contributed by atoms with E-state index < -0.39 is 0 Å². The molecule has 3 heterocycles. The van der Waals surface area contributed by atoms with E-state index in [-0.39, 0.29) is 16.8 Å². The van der Waals surface area contributed by atoms with Crippen molar-refractivity contribution in [2.45, 2.75) is 86.6 Å². The molecular formula is C17H34B2N6. The van der Waals surface area contributed by atoms with E-state index in [4.69, 9.17) is 0 Å². The van der Waals surface area contributed by atoms with Crippen LogP contribution >= 0.6 is 0 Å². The summed E-state index contributed by atoms with van der Waals surface area (Å²) in [5.74, 6) is 4.24. The molecule has 0 aliphatic carbocycles. The lowest BCUT2D eigenvalue weighted by Gasteiger charge is -2.04. The molecule has 6 nitrogen and oxygen atoms in total. The third kappa shape index (κ3) is 8.89. The van der Waals surface area contributed by atoms with Gasteiger partial charge in [0.1, 0.15) is 23.8 Å². The van der Waals surface area contributed by atoms with E-state index in [9.17, 15) is 0 Å². The van der Waals surface area contributed by atoms with E-state index in [1.807, 2.05) is 27.7 Å². The molecule has 0 saturated carbocycles. The van der Waals surface area contributed by atoms with Crippen LogP contribution in [0.3, 0.4) is 0 Å². The van der Waals surface area contributed by atoms with Crippen LogP contribution in [-0.2, 0) is 13.0 Å². The zero-order valence-corrected chi connectivity index (χ0v) is 17.2. The Kier molecular flexibility index (Phi) is 18.0. The molecule has 138 valence electrons. The fourth-order valence-electron chi connectivity index (χ4n) is 2.09. The molecule has 0 spiro atoms. The van der Waals surface area contributed by atoms with Crippen LogP contribution in [0.4, 0.5) is 0 Å². The van der Waals surface area contributed by atoms with Crippen LogP contribution in [0.25, 0.3) is 0 Å². The van der Waals surface area contributed by atoms with Crippen LogP contribution in [0, 0.1) is 0 Å². The lowest BCUT2D eigenvalue weighted by molar-refractivity contribution is 0.646. The van der Waals surface area contributed by atoms with Crippen molar-refractivity contribution in [1.29, 1.82) is 0 Å². The summed E-state index contributed by atoms with van der Waals surface area (Å²) in [5, 5.41) is 14.8. The minimum Gasteiger partial charge on any atom is -0.315 e. The fourth-order valence-corrected chi connectivity index (χ4v) is 2.09. The summed E-state index contributed by atoms with van der Waals surface area (Å²) in [6.45, 7) is 17.6. The smallest absolute Gasteiger partial charge is 0.137 e. The minimum atomic E-state index is 0. The number of hydrogen-bond acceptors (Lipinski definition) is 4. The van der Waals surface area contributed by atoms with Crippen molar-refractivity contribution < 1.29 is 0 Å². The molecule has 0 amide bonds. The largest absolute Gasteiger partial charge is 0.315 e. The number of nitrogens with zero attached hydrogens (tertiary/aromatic N) is 5. The van der Waals surface area contributed by atoms with Crippen LogP contribution in [-0.4, -0.2) is 46.8 Å². The second-order valence-corrected chi connectivity index (χ2v) is 5.41. The minimum absolute atomic E-state index is 0. The van der Waals surface area contributed by atoms with Crippen molar-refractivity contribution in [2.24, 2.45) is 0 Å². The second-order valence-electron chi connectivity index (χ2n) is 5.41. The van der Waals surface area contributed by atoms with Gasteiger partial charge in [-0.1, -0.05) is 55.4 Å². The van der Waals surface area contributed by atoms with E-state index in [1.54, 1.807) is 0 Å². The SMILES string of the molecule is CC.CC.CC(C)c1ncn[nH]1.CC(C)c1nnc2n1CCC2.[B].[B]. The van der Waals surface area contributed by atoms with Gasteiger partial charge in [0.2, 0.25) is 0 Å². The maximum Gasteiger partial charge on any atom is 0.137 e. The van der Waals surface area contributed by atoms with Crippen LogP contribution in [0.1, 0.15) is 91.1 Å². The number of aromatic amines is 1. The summed E-state index contributed by atoms with van der Waals surface area (Å²) in [5.41, 5.74) is 0. The molecule has 3 rings (SSSR count). The Bertz CT molecular complexity index is 509. The monoisotopic (exact) mass is 344 g/mol. The first-order chi connectivity index (χ1) is 11.1. The molecule has 25 heavy (non-hydrogen) atoms. The molecule has 0 saturated heterocycles. The van der Waals surface area contributed by atoms with E-state index in [2.05, 4.69) is 57.6 Å². The Morgan fingerprint density at radius 1 is 0.960 bits per heavy atom. The summed E-state index contributed by atoms with van der Waals surface area (Å²) >= 11 is 0. The van der Waals surface area contributed by atoms with Gasteiger partial charge in [-0.25, -0.2) is 4.98 Å². The molecule has 8 heteroatoms. The highest BCUT2D eigenvalue weighted by atomic mass is 15.3. The second kappa shape index (κ2) is 15.9. The summed E-state index contributed by atoms with van der Waals surface area (Å²) in [7, 11) is 0. The molecule has 2 aromatic rings. The Labute approximate surface area is 157 Å². The molecule has 1 aliphatic heterocycles. The van der Waals surface area contributed by atoms with Crippen LogP contribution in [0.15, 0.2) is 6.33 Å². The molecule has 0 aromatic carbocycles. The standard InChI is InChI=1S/C8H13N3.C5H9N3.2C2H6.2B/c1-6(2)8-10-9-7-4-3-5-11(7)8;1-4(2)5-6-3-7-8-5;2*1-2;;/h6H,3-5H2,1-2H3;3-4H,1-2H3,(H,6,7,8);2*1-2H3;;. The highest BCUT2D eigenvalue weighted by Gasteiger charge is 2.18. The normalized spacial score (nSPS) is 10.8. The van der Waals surface area contributed by atoms with Gasteiger partial charge < -0.3 is 4.57 Å². The molecule has 0 bridgehead atoms. The van der Waals surface area contributed by atoms with Crippen LogP contribution < -0.4 is 0 Å². The lowest BCUT2D eigenvalue weighted by Crippen LogP contribution is -2.02. The Morgan fingerprint density at radius 2 is 1.56 bits per heavy atom. The van der Waals surface area contributed by atoms with Gasteiger partial charge in [0.15, 0.2) is 0 Å². The van der Waals surface area contributed by atoms with Gasteiger partial charge in [-0.3, -0.25) is 5.10 Å². The molecular weight excluding hydrogens is 310 g/mol. The number of nitrogens with one attached hydrogen (secondary N) is 1. The first-order valence-corrected chi connectivity index (χ1v) is 8.86. The van der Waals surface area contributed by atoms with Crippen molar-refractivity contribution in [2.75, 3.05) is 0 Å². The lowest BCUT2D eigenvalue weighted by atomic mass is 10.2. The number of hydrogen-bond donors (Lipinski definition) is 1. The topological polar surface area (TPSA) is 72.3 Å². The third-order valence-corrected chi connectivity index (χ3v) is 3.14. The Hall–Kier alpha value is -1.59. The zero-order valence-electron chi connectivity index (χ0n) is 17.2. The summed E-state index contributed by atoms with van der Waals surface area (Å²) in [6.07, 6.45) is 3.87. The number of aryl methyl sites for hydroxylation is 1. The number of rotatable bonds is 2. The van der Waals surface area contributed by atoms with Crippen molar-refractivity contribution in [3.05, 3.63) is 23.8 Å². The van der Waals surface area contributed by atoms with E-state index in [0.29, 0.717) is 11.8 Å². The molecule has 2 aromatic heterocycles. The predicted molar refractivity (Wildman–Crippen MR) is 107 cm³/mol. The predicted octanol–water partition coefficient (Wildman–Crippen LogP) is 3.57. The highest BCUT2D eigenvalue weighted by molar-refractivity contribution is 5.76. The molecule has 1 aliphatic rings. The zero-order chi connectivity index (χ0) is 17.8.